The second-order valence-electron chi connectivity index (χ2n) is 10.9. The van der Waals surface area contributed by atoms with E-state index in [0.29, 0.717) is 17.6 Å². The van der Waals surface area contributed by atoms with E-state index in [4.69, 9.17) is 0 Å². The Hall–Kier alpha value is -3.41. The van der Waals surface area contributed by atoms with Crippen LogP contribution in [0.3, 0.4) is 0 Å². The van der Waals surface area contributed by atoms with Crippen LogP contribution in [-0.4, -0.2) is 29.4 Å². The molecule has 0 unspecified atom stereocenters. The number of hydrogen-bond acceptors (Lipinski definition) is 4. The molecule has 0 bridgehead atoms. The first-order valence-electron chi connectivity index (χ1n) is 12.2. The maximum absolute atomic E-state index is 13.4. The fourth-order valence-electron chi connectivity index (χ4n) is 5.66. The minimum Gasteiger partial charge on any atom is -0.364 e. The van der Waals surface area contributed by atoms with Crippen molar-refractivity contribution in [1.29, 1.82) is 0 Å². The van der Waals surface area contributed by atoms with Gasteiger partial charge in [-0.2, -0.15) is 0 Å². The lowest BCUT2D eigenvalue weighted by Crippen LogP contribution is -2.54. The van der Waals surface area contributed by atoms with Crippen LogP contribution in [0.4, 0.5) is 16.2 Å². The summed E-state index contributed by atoms with van der Waals surface area (Å²) in [5.74, 6) is -0.954. The molecule has 35 heavy (non-hydrogen) atoms. The zero-order valence-corrected chi connectivity index (χ0v) is 21.9. The van der Waals surface area contributed by atoms with E-state index in [1.807, 2.05) is 26.8 Å². The van der Waals surface area contributed by atoms with Gasteiger partial charge in [0.25, 0.3) is 11.8 Å². The molecule has 6 heteroatoms. The number of carbonyl (C=O) groups is 3. The van der Waals surface area contributed by atoms with Gasteiger partial charge in [0.15, 0.2) is 0 Å². The Morgan fingerprint density at radius 1 is 1.00 bits per heavy atom. The number of urea groups is 1. The highest BCUT2D eigenvalue weighted by Gasteiger charge is 2.39. The van der Waals surface area contributed by atoms with Crippen LogP contribution in [0.5, 0.6) is 0 Å². The van der Waals surface area contributed by atoms with Crippen LogP contribution >= 0.6 is 0 Å². The normalized spacial score (nSPS) is 21.0. The summed E-state index contributed by atoms with van der Waals surface area (Å²) in [5.41, 5.74) is 6.64. The molecular weight excluding hydrogens is 438 g/mol. The van der Waals surface area contributed by atoms with Crippen molar-refractivity contribution < 1.29 is 14.4 Å². The molecule has 0 saturated carbocycles. The van der Waals surface area contributed by atoms with Crippen molar-refractivity contribution in [3.05, 3.63) is 63.7 Å². The van der Waals surface area contributed by atoms with E-state index in [1.165, 1.54) is 11.3 Å². The molecule has 184 valence electrons. The van der Waals surface area contributed by atoms with Gasteiger partial charge in [-0.1, -0.05) is 13.0 Å². The fourth-order valence-corrected chi connectivity index (χ4v) is 5.66. The second kappa shape index (κ2) is 8.67. The molecule has 2 aliphatic heterocycles. The number of benzene rings is 2. The summed E-state index contributed by atoms with van der Waals surface area (Å²) in [6.07, 6.45) is 2.63. The number of anilines is 2. The van der Waals surface area contributed by atoms with E-state index < -0.39 is 17.8 Å². The minimum absolute atomic E-state index is 0.0270. The zero-order chi connectivity index (χ0) is 25.8. The van der Waals surface area contributed by atoms with Crippen molar-refractivity contribution in [3.8, 4) is 0 Å². The van der Waals surface area contributed by atoms with Crippen LogP contribution < -0.4 is 15.1 Å². The largest absolute Gasteiger partial charge is 0.364 e. The first kappa shape index (κ1) is 24.7. The highest BCUT2D eigenvalue weighted by molar-refractivity contribution is 6.39. The minimum atomic E-state index is -0.731. The summed E-state index contributed by atoms with van der Waals surface area (Å²) in [6, 6.07) is 9.24. The number of hydrogen-bond donors (Lipinski definition) is 1. The third kappa shape index (κ3) is 4.26. The van der Waals surface area contributed by atoms with Gasteiger partial charge in [0.1, 0.15) is 5.57 Å². The van der Waals surface area contributed by atoms with E-state index >= 15 is 0 Å². The summed E-state index contributed by atoms with van der Waals surface area (Å²) in [5, 5.41) is 2.34. The number of nitrogens with zero attached hydrogens (tertiary/aromatic N) is 2. The lowest BCUT2D eigenvalue weighted by atomic mass is 9.78. The molecule has 2 aromatic rings. The highest BCUT2D eigenvalue weighted by atomic mass is 16.2. The first-order chi connectivity index (χ1) is 16.3. The SMILES string of the molecule is Cc1ccc(N2C(=O)NC(=O)/C(=C\c3cc4c(cc3C)N(C(C)C)C(C)(C)C[C@@H]4C)C2=O)cc1C. The summed E-state index contributed by atoms with van der Waals surface area (Å²) >= 11 is 0. The third-order valence-electron chi connectivity index (χ3n) is 7.33. The Labute approximate surface area is 208 Å². The number of carbonyl (C=O) groups excluding carboxylic acids is 3. The third-order valence-corrected chi connectivity index (χ3v) is 7.33. The molecule has 1 N–H and O–H groups in total. The average Bonchev–Trinajstić information content (AvgIpc) is 2.73. The number of fused-ring (bicyclic) bond motifs is 1. The smallest absolute Gasteiger partial charge is 0.335 e. The molecule has 2 aromatic carbocycles. The molecule has 0 aliphatic carbocycles. The van der Waals surface area contributed by atoms with Gasteiger partial charge in [0.05, 0.1) is 5.69 Å². The fraction of sp³-hybridized carbons (Fsp3) is 0.414. The molecule has 1 fully saturated rings. The van der Waals surface area contributed by atoms with Crippen LogP contribution in [0.25, 0.3) is 6.08 Å². The summed E-state index contributed by atoms with van der Waals surface area (Å²) in [7, 11) is 0. The Balaban J connectivity index is 1.79. The van der Waals surface area contributed by atoms with Gasteiger partial charge in [0.2, 0.25) is 0 Å². The molecule has 4 amide bonds. The predicted octanol–water partition coefficient (Wildman–Crippen LogP) is 5.78. The Kier molecular flexibility index (Phi) is 6.12. The van der Waals surface area contributed by atoms with Crippen LogP contribution in [0.15, 0.2) is 35.9 Å². The Morgan fingerprint density at radius 2 is 1.69 bits per heavy atom. The summed E-state index contributed by atoms with van der Waals surface area (Å²) < 4.78 is 0. The molecule has 1 atom stereocenters. The summed E-state index contributed by atoms with van der Waals surface area (Å²) in [6.45, 7) is 17.1. The molecular formula is C29H35N3O3. The van der Waals surface area contributed by atoms with Crippen molar-refractivity contribution >= 4 is 35.3 Å². The van der Waals surface area contributed by atoms with Crippen LogP contribution in [-0.2, 0) is 9.59 Å². The van der Waals surface area contributed by atoms with Gasteiger partial charge >= 0.3 is 6.03 Å². The van der Waals surface area contributed by atoms with Crippen molar-refractivity contribution in [1.82, 2.24) is 5.32 Å². The maximum Gasteiger partial charge on any atom is 0.335 e. The van der Waals surface area contributed by atoms with Gasteiger partial charge in [-0.3, -0.25) is 14.9 Å². The molecule has 6 nitrogen and oxygen atoms in total. The quantitative estimate of drug-likeness (QED) is 0.453. The zero-order valence-electron chi connectivity index (χ0n) is 21.9. The first-order valence-corrected chi connectivity index (χ1v) is 12.2. The maximum atomic E-state index is 13.4. The topological polar surface area (TPSA) is 69.7 Å². The lowest BCUT2D eigenvalue weighted by Gasteiger charge is -2.50. The lowest BCUT2D eigenvalue weighted by molar-refractivity contribution is -0.122. The number of aryl methyl sites for hydroxylation is 3. The molecule has 4 rings (SSSR count). The van der Waals surface area contributed by atoms with Crippen molar-refractivity contribution in [3.63, 3.8) is 0 Å². The molecule has 1 saturated heterocycles. The van der Waals surface area contributed by atoms with Gasteiger partial charge in [-0.05, 0) is 119 Å². The predicted molar refractivity (Wildman–Crippen MR) is 141 cm³/mol. The van der Waals surface area contributed by atoms with Crippen molar-refractivity contribution in [2.24, 2.45) is 0 Å². The Morgan fingerprint density at radius 3 is 2.31 bits per heavy atom. The van der Waals surface area contributed by atoms with Crippen LogP contribution in [0, 0.1) is 20.8 Å². The van der Waals surface area contributed by atoms with E-state index in [-0.39, 0.29) is 11.1 Å². The number of barbiturate groups is 1. The highest BCUT2D eigenvalue weighted by Crippen LogP contribution is 2.45. The number of nitrogens with one attached hydrogen (secondary N) is 1. The molecule has 0 aromatic heterocycles. The average molecular weight is 474 g/mol. The van der Waals surface area contributed by atoms with Crippen LogP contribution in [0.1, 0.15) is 74.8 Å². The monoisotopic (exact) mass is 473 g/mol. The standard InChI is InChI=1S/C29H35N3O3/c1-16(2)32-25-12-19(5)21(13-23(25)20(6)15-29(32,7)8)14-24-26(33)30-28(35)31(27(24)34)22-10-9-17(3)18(4)11-22/h9-14,16,20H,15H2,1-8H3,(H,30,33,35)/b24-14+/t20-/m0/s1. The molecule has 2 aliphatic rings. The van der Waals surface area contributed by atoms with E-state index in [9.17, 15) is 14.4 Å². The van der Waals surface area contributed by atoms with Crippen molar-refractivity contribution in [2.45, 2.75) is 79.3 Å². The molecule has 0 spiro atoms. The molecule has 0 radical (unpaired) electrons. The van der Waals surface area contributed by atoms with E-state index in [0.717, 1.165) is 33.6 Å². The number of rotatable bonds is 3. The number of amides is 4. The molecule has 2 heterocycles. The van der Waals surface area contributed by atoms with Gasteiger partial charge in [0, 0.05) is 17.3 Å². The van der Waals surface area contributed by atoms with Crippen molar-refractivity contribution in [2.75, 3.05) is 9.80 Å². The van der Waals surface area contributed by atoms with E-state index in [1.54, 1.807) is 18.2 Å². The van der Waals surface area contributed by atoms with Crippen LogP contribution in [0.2, 0.25) is 0 Å². The summed E-state index contributed by atoms with van der Waals surface area (Å²) in [4.78, 5) is 42.3. The van der Waals surface area contributed by atoms with Gasteiger partial charge in [-0.15, -0.1) is 0 Å². The van der Waals surface area contributed by atoms with E-state index in [2.05, 4.69) is 57.0 Å². The number of imide groups is 2. The second-order valence-corrected chi connectivity index (χ2v) is 10.9. The van der Waals surface area contributed by atoms with Gasteiger partial charge in [-0.25, -0.2) is 9.69 Å². The Bertz CT molecular complexity index is 1270. The van der Waals surface area contributed by atoms with Gasteiger partial charge < -0.3 is 4.90 Å².